The third-order valence-electron chi connectivity index (χ3n) is 4.43. The molecule has 0 N–H and O–H groups in total. The maximum atomic E-state index is 5.90. The third-order valence-corrected chi connectivity index (χ3v) is 4.43. The van der Waals surface area contributed by atoms with Crippen LogP contribution in [0.1, 0.15) is 30.2 Å². The predicted octanol–water partition coefficient (Wildman–Crippen LogP) is 3.51. The number of likely N-dealkylation sites (tertiary alicyclic amines) is 1. The van der Waals surface area contributed by atoms with Crippen LogP contribution in [0.25, 0.3) is 11.6 Å². The van der Waals surface area contributed by atoms with E-state index in [2.05, 4.69) is 50.4 Å². The Balaban J connectivity index is 1.45. The fourth-order valence-corrected chi connectivity index (χ4v) is 3.23. The Labute approximate surface area is 141 Å². The minimum absolute atomic E-state index is 0.299. The highest BCUT2D eigenvalue weighted by atomic mass is 16.4. The lowest BCUT2D eigenvalue weighted by atomic mass is 9.97. The number of hydrogen-bond acceptors (Lipinski definition) is 5. The molecule has 0 radical (unpaired) electrons. The number of benzene rings is 1. The van der Waals surface area contributed by atoms with Crippen molar-refractivity contribution in [2.45, 2.75) is 25.3 Å². The third kappa shape index (κ3) is 3.36. The van der Waals surface area contributed by atoms with E-state index in [0.29, 0.717) is 11.8 Å². The van der Waals surface area contributed by atoms with Crippen molar-refractivity contribution in [3.63, 3.8) is 0 Å². The van der Waals surface area contributed by atoms with Crippen molar-refractivity contribution < 1.29 is 4.42 Å². The lowest BCUT2D eigenvalue weighted by Gasteiger charge is -2.31. The summed E-state index contributed by atoms with van der Waals surface area (Å²) in [7, 11) is 0. The van der Waals surface area contributed by atoms with Crippen LogP contribution < -0.4 is 0 Å². The molecule has 5 nitrogen and oxygen atoms in total. The summed E-state index contributed by atoms with van der Waals surface area (Å²) in [4.78, 5) is 6.74. The first-order valence-corrected chi connectivity index (χ1v) is 8.39. The van der Waals surface area contributed by atoms with E-state index in [9.17, 15) is 0 Å². The number of hydrogen-bond donors (Lipinski definition) is 0. The zero-order valence-electron chi connectivity index (χ0n) is 13.5. The zero-order chi connectivity index (χ0) is 16.2. The molecule has 1 aromatic carbocycles. The molecule has 3 aromatic rings. The Hall–Kier alpha value is -2.53. The molecule has 4 rings (SSSR count). The minimum atomic E-state index is 0.299. The van der Waals surface area contributed by atoms with Gasteiger partial charge >= 0.3 is 0 Å². The maximum absolute atomic E-state index is 5.90. The van der Waals surface area contributed by atoms with E-state index in [4.69, 9.17) is 4.42 Å². The Morgan fingerprint density at radius 2 is 1.92 bits per heavy atom. The fourth-order valence-electron chi connectivity index (χ4n) is 3.23. The Morgan fingerprint density at radius 1 is 1.04 bits per heavy atom. The largest absolute Gasteiger partial charge is 0.419 e. The number of rotatable bonds is 4. The Morgan fingerprint density at radius 3 is 2.75 bits per heavy atom. The maximum Gasteiger partial charge on any atom is 0.266 e. The van der Waals surface area contributed by atoms with Gasteiger partial charge < -0.3 is 4.42 Å². The lowest BCUT2D eigenvalue weighted by molar-refractivity contribution is 0.186. The fraction of sp³-hybridized carbons (Fsp3) is 0.316. The van der Waals surface area contributed by atoms with Crippen molar-refractivity contribution in [1.29, 1.82) is 0 Å². The van der Waals surface area contributed by atoms with Gasteiger partial charge in [-0.15, -0.1) is 10.2 Å². The van der Waals surface area contributed by atoms with Crippen molar-refractivity contribution in [3.05, 3.63) is 66.2 Å². The lowest BCUT2D eigenvalue weighted by Crippen LogP contribution is -2.34. The van der Waals surface area contributed by atoms with Crippen LogP contribution in [0, 0.1) is 0 Å². The summed E-state index contributed by atoms with van der Waals surface area (Å²) >= 11 is 0. The number of aromatic nitrogens is 3. The monoisotopic (exact) mass is 320 g/mol. The van der Waals surface area contributed by atoms with Crippen LogP contribution in [0.2, 0.25) is 0 Å². The first kappa shape index (κ1) is 15.0. The summed E-state index contributed by atoms with van der Waals surface area (Å²) < 4.78 is 5.90. The molecule has 0 saturated carbocycles. The van der Waals surface area contributed by atoms with Gasteiger partial charge in [-0.05, 0) is 37.1 Å². The van der Waals surface area contributed by atoms with E-state index < -0.39 is 0 Å². The van der Waals surface area contributed by atoms with Crippen molar-refractivity contribution in [2.75, 3.05) is 13.1 Å². The molecule has 0 unspecified atom stereocenters. The highest BCUT2D eigenvalue weighted by molar-refractivity contribution is 5.45. The van der Waals surface area contributed by atoms with Crippen LogP contribution in [0.3, 0.4) is 0 Å². The normalized spacial score (nSPS) is 18.6. The van der Waals surface area contributed by atoms with Crippen LogP contribution in [0.5, 0.6) is 0 Å². The minimum Gasteiger partial charge on any atom is -0.419 e. The summed E-state index contributed by atoms with van der Waals surface area (Å²) in [5.74, 6) is 1.53. The molecule has 1 aliphatic heterocycles. The molecule has 1 saturated heterocycles. The standard InChI is InChI=1S/C19H20N4O/c1-2-7-15(8-3-1)13-23-12-6-9-16(14-23)18-21-22-19(24-18)17-10-4-5-11-20-17/h1-5,7-8,10-11,16H,6,9,12-14H2/t16-/m1/s1. The quantitative estimate of drug-likeness (QED) is 0.736. The van der Waals surface area contributed by atoms with Gasteiger partial charge in [0.1, 0.15) is 5.69 Å². The van der Waals surface area contributed by atoms with Gasteiger partial charge in [0.05, 0.1) is 5.92 Å². The molecule has 3 heterocycles. The smallest absolute Gasteiger partial charge is 0.266 e. The molecule has 122 valence electrons. The highest BCUT2D eigenvalue weighted by Crippen LogP contribution is 2.28. The van der Waals surface area contributed by atoms with Crippen LogP contribution in [-0.4, -0.2) is 33.2 Å². The first-order chi connectivity index (χ1) is 11.9. The Kier molecular flexibility index (Phi) is 4.34. The van der Waals surface area contributed by atoms with E-state index in [0.717, 1.165) is 44.1 Å². The molecule has 2 aromatic heterocycles. The van der Waals surface area contributed by atoms with E-state index in [1.165, 1.54) is 5.56 Å². The van der Waals surface area contributed by atoms with Crippen molar-refractivity contribution in [2.24, 2.45) is 0 Å². The first-order valence-electron chi connectivity index (χ1n) is 8.39. The van der Waals surface area contributed by atoms with Gasteiger partial charge in [0.25, 0.3) is 5.89 Å². The van der Waals surface area contributed by atoms with Crippen LogP contribution in [-0.2, 0) is 6.54 Å². The summed E-state index contributed by atoms with van der Waals surface area (Å²) in [6.07, 6.45) is 3.98. The van der Waals surface area contributed by atoms with Crippen LogP contribution in [0.4, 0.5) is 0 Å². The van der Waals surface area contributed by atoms with Gasteiger partial charge in [0.15, 0.2) is 0 Å². The second-order valence-electron chi connectivity index (χ2n) is 6.22. The summed E-state index contributed by atoms with van der Waals surface area (Å²) in [6.45, 7) is 3.05. The average molecular weight is 320 g/mol. The van der Waals surface area contributed by atoms with Gasteiger partial charge in [-0.1, -0.05) is 36.4 Å². The Bertz CT molecular complexity index is 772. The van der Waals surface area contributed by atoms with E-state index in [-0.39, 0.29) is 0 Å². The zero-order valence-corrected chi connectivity index (χ0v) is 13.5. The second-order valence-corrected chi connectivity index (χ2v) is 6.22. The summed E-state index contributed by atoms with van der Waals surface area (Å²) in [5, 5.41) is 8.45. The molecule has 5 heteroatoms. The molecule has 24 heavy (non-hydrogen) atoms. The highest BCUT2D eigenvalue weighted by Gasteiger charge is 2.26. The number of pyridine rings is 1. The molecular weight excluding hydrogens is 300 g/mol. The van der Waals surface area contributed by atoms with E-state index >= 15 is 0 Å². The molecule has 1 aliphatic rings. The average Bonchev–Trinajstić information content (AvgIpc) is 3.14. The molecule has 1 fully saturated rings. The second kappa shape index (κ2) is 6.93. The summed E-state index contributed by atoms with van der Waals surface area (Å²) in [5.41, 5.74) is 2.08. The molecule has 1 atom stereocenters. The van der Waals surface area contributed by atoms with Crippen LogP contribution >= 0.6 is 0 Å². The van der Waals surface area contributed by atoms with Crippen LogP contribution in [0.15, 0.2) is 59.1 Å². The van der Waals surface area contributed by atoms with Gasteiger partial charge in [-0.2, -0.15) is 0 Å². The van der Waals surface area contributed by atoms with Gasteiger partial charge in [-0.3, -0.25) is 9.88 Å². The molecule has 0 bridgehead atoms. The molecule has 0 spiro atoms. The number of piperidine rings is 1. The van der Waals surface area contributed by atoms with E-state index in [1.807, 2.05) is 18.2 Å². The molecule has 0 aliphatic carbocycles. The van der Waals surface area contributed by atoms with Crippen molar-refractivity contribution in [3.8, 4) is 11.6 Å². The van der Waals surface area contributed by atoms with Crippen molar-refractivity contribution >= 4 is 0 Å². The topological polar surface area (TPSA) is 55.1 Å². The van der Waals surface area contributed by atoms with Gasteiger partial charge in [-0.25, -0.2) is 0 Å². The summed E-state index contributed by atoms with van der Waals surface area (Å²) in [6, 6.07) is 16.3. The van der Waals surface area contributed by atoms with Gasteiger partial charge in [0, 0.05) is 19.3 Å². The number of nitrogens with zero attached hydrogens (tertiary/aromatic N) is 4. The predicted molar refractivity (Wildman–Crippen MR) is 91.2 cm³/mol. The van der Waals surface area contributed by atoms with E-state index in [1.54, 1.807) is 6.20 Å². The molecule has 0 amide bonds. The SMILES string of the molecule is c1ccc(CN2CCC[C@@H](c3nnc(-c4ccccn4)o3)C2)cc1. The van der Waals surface area contributed by atoms with Gasteiger partial charge in [0.2, 0.25) is 5.89 Å². The molecular formula is C19H20N4O. The van der Waals surface area contributed by atoms with Crippen molar-refractivity contribution in [1.82, 2.24) is 20.1 Å².